The van der Waals surface area contributed by atoms with Crippen LogP contribution in [0.2, 0.25) is 5.02 Å². The molecule has 122 valence electrons. The molecule has 0 unspecified atom stereocenters. The van der Waals surface area contributed by atoms with E-state index in [2.05, 4.69) is 5.32 Å². The summed E-state index contributed by atoms with van der Waals surface area (Å²) in [6.07, 6.45) is 2.95. The van der Waals surface area contributed by atoms with Crippen molar-refractivity contribution in [1.29, 1.82) is 0 Å². The Morgan fingerprint density at radius 3 is 2.50 bits per heavy atom. The van der Waals surface area contributed by atoms with E-state index >= 15 is 0 Å². The first-order valence-corrected chi connectivity index (χ1v) is 8.56. The number of hydrogen-bond donors (Lipinski definition) is 1. The highest BCUT2D eigenvalue weighted by atomic mass is 35.5. The largest absolute Gasteiger partial charge is 0.381 e. The van der Waals surface area contributed by atoms with Gasteiger partial charge >= 0.3 is 0 Å². The van der Waals surface area contributed by atoms with E-state index < -0.39 is 0 Å². The molecule has 1 N–H and O–H groups in total. The lowest BCUT2D eigenvalue weighted by atomic mass is 9.86. The number of ketones is 1. The lowest BCUT2D eigenvalue weighted by molar-refractivity contribution is -0.123. The average Bonchev–Trinajstić information content (AvgIpc) is 2.53. The van der Waals surface area contributed by atoms with Gasteiger partial charge in [-0.25, -0.2) is 0 Å². The number of benzene rings is 1. The van der Waals surface area contributed by atoms with Crippen molar-refractivity contribution in [1.82, 2.24) is 5.32 Å². The summed E-state index contributed by atoms with van der Waals surface area (Å²) in [7, 11) is 0. The van der Waals surface area contributed by atoms with E-state index in [-0.39, 0.29) is 11.8 Å². The van der Waals surface area contributed by atoms with E-state index in [1.54, 1.807) is 0 Å². The molecule has 1 aromatic carbocycles. The third-order valence-corrected chi connectivity index (χ3v) is 4.52. The number of nitrogens with one attached hydrogen (secondary N) is 1. The third kappa shape index (κ3) is 5.08. The van der Waals surface area contributed by atoms with Crippen LogP contribution in [0.5, 0.6) is 0 Å². The molecular formula is C18H26ClNO2. The Morgan fingerprint density at radius 2 is 1.91 bits per heavy atom. The van der Waals surface area contributed by atoms with Crippen LogP contribution in [0.3, 0.4) is 0 Å². The highest BCUT2D eigenvalue weighted by molar-refractivity contribution is 6.30. The minimum atomic E-state index is -0.0513. The first-order chi connectivity index (χ1) is 10.6. The minimum absolute atomic E-state index is 0.0451. The van der Waals surface area contributed by atoms with Crippen LogP contribution < -0.4 is 5.32 Å². The fourth-order valence-electron chi connectivity index (χ4n) is 2.90. The zero-order valence-electron chi connectivity index (χ0n) is 13.5. The quantitative estimate of drug-likeness (QED) is 0.829. The van der Waals surface area contributed by atoms with Gasteiger partial charge < -0.3 is 10.1 Å². The van der Waals surface area contributed by atoms with Gasteiger partial charge in [-0.3, -0.25) is 4.79 Å². The average molecular weight is 324 g/mol. The van der Waals surface area contributed by atoms with Crippen molar-refractivity contribution in [2.75, 3.05) is 19.8 Å². The summed E-state index contributed by atoms with van der Waals surface area (Å²) < 4.78 is 5.37. The summed E-state index contributed by atoms with van der Waals surface area (Å²) in [4.78, 5) is 12.5. The van der Waals surface area contributed by atoms with E-state index in [0.29, 0.717) is 16.8 Å². The van der Waals surface area contributed by atoms with Gasteiger partial charge in [0.15, 0.2) is 0 Å². The number of Topliss-reactive ketones (excluding diaryl/α,β-unsaturated/α-hetero) is 1. The van der Waals surface area contributed by atoms with Crippen LogP contribution in [0.1, 0.15) is 44.6 Å². The third-order valence-electron chi connectivity index (χ3n) is 4.27. The Morgan fingerprint density at radius 1 is 1.27 bits per heavy atom. The lowest BCUT2D eigenvalue weighted by Crippen LogP contribution is -2.36. The molecule has 3 nitrogen and oxygen atoms in total. The van der Waals surface area contributed by atoms with Gasteiger partial charge in [0.25, 0.3) is 0 Å². The van der Waals surface area contributed by atoms with E-state index in [9.17, 15) is 4.79 Å². The predicted molar refractivity (Wildman–Crippen MR) is 90.5 cm³/mol. The molecule has 1 aliphatic heterocycles. The number of rotatable bonds is 7. The summed E-state index contributed by atoms with van der Waals surface area (Å²) in [6.45, 7) is 6.47. The number of carbonyl (C=O) groups excluding carboxylic acids is 1. The Labute approximate surface area is 138 Å². The van der Waals surface area contributed by atoms with Crippen LogP contribution in [0.15, 0.2) is 24.3 Å². The molecule has 22 heavy (non-hydrogen) atoms. The van der Waals surface area contributed by atoms with Crippen molar-refractivity contribution < 1.29 is 9.53 Å². The summed E-state index contributed by atoms with van der Waals surface area (Å²) in [5.74, 6) is 0.296. The highest BCUT2D eigenvalue weighted by Crippen LogP contribution is 2.25. The molecule has 0 bridgehead atoms. The maximum absolute atomic E-state index is 12.5. The molecule has 0 amide bonds. The van der Waals surface area contributed by atoms with Gasteiger partial charge in [0.1, 0.15) is 5.78 Å². The standard InChI is InChI=1S/C18H26ClNO2/c1-13(2)18(21)17(14-3-5-15(19)6-4-14)7-10-20-16-8-11-22-12-9-16/h3-6,13,16-17,20H,7-12H2,1-2H3/t17-/m1/s1. The SMILES string of the molecule is CC(C)C(=O)[C@H](CCNC1CCOCC1)c1ccc(Cl)cc1. The summed E-state index contributed by atoms with van der Waals surface area (Å²) >= 11 is 5.96. The number of halogens is 1. The Balaban J connectivity index is 1.95. The molecule has 1 atom stereocenters. The Bertz CT molecular complexity index is 466. The van der Waals surface area contributed by atoms with Crippen molar-refractivity contribution in [2.45, 2.75) is 45.1 Å². The predicted octanol–water partition coefficient (Wildman–Crippen LogP) is 3.81. The van der Waals surface area contributed by atoms with Crippen molar-refractivity contribution in [3.63, 3.8) is 0 Å². The van der Waals surface area contributed by atoms with Gasteiger partial charge in [0.05, 0.1) is 0 Å². The molecule has 4 heteroatoms. The fourth-order valence-corrected chi connectivity index (χ4v) is 3.03. The van der Waals surface area contributed by atoms with Gasteiger partial charge in [-0.2, -0.15) is 0 Å². The molecule has 1 aromatic rings. The molecule has 1 fully saturated rings. The zero-order valence-corrected chi connectivity index (χ0v) is 14.2. The van der Waals surface area contributed by atoms with Crippen LogP contribution in [0.4, 0.5) is 0 Å². The second-order valence-corrected chi connectivity index (χ2v) is 6.73. The van der Waals surface area contributed by atoms with Gasteiger partial charge in [0, 0.05) is 36.1 Å². The number of hydrogen-bond acceptors (Lipinski definition) is 3. The number of carbonyl (C=O) groups is 1. The van der Waals surface area contributed by atoms with Gasteiger partial charge in [-0.05, 0) is 43.5 Å². The van der Waals surface area contributed by atoms with Crippen LogP contribution in [-0.4, -0.2) is 31.6 Å². The summed E-state index contributed by atoms with van der Waals surface area (Å²) in [5, 5.41) is 4.28. The molecule has 0 aliphatic carbocycles. The minimum Gasteiger partial charge on any atom is -0.381 e. The van der Waals surface area contributed by atoms with E-state index in [0.717, 1.165) is 44.6 Å². The van der Waals surface area contributed by atoms with Crippen molar-refractivity contribution >= 4 is 17.4 Å². The van der Waals surface area contributed by atoms with Gasteiger partial charge in [-0.1, -0.05) is 37.6 Å². The number of ether oxygens (including phenoxy) is 1. The highest BCUT2D eigenvalue weighted by Gasteiger charge is 2.23. The molecule has 0 spiro atoms. The summed E-state index contributed by atoms with van der Waals surface area (Å²) in [5.41, 5.74) is 1.07. The monoisotopic (exact) mass is 323 g/mol. The fraction of sp³-hybridized carbons (Fsp3) is 0.611. The molecule has 0 radical (unpaired) electrons. The molecule has 2 rings (SSSR count). The first-order valence-electron chi connectivity index (χ1n) is 8.18. The van der Waals surface area contributed by atoms with Crippen molar-refractivity contribution in [2.24, 2.45) is 5.92 Å². The molecule has 1 saturated heterocycles. The lowest BCUT2D eigenvalue weighted by Gasteiger charge is -2.25. The van der Waals surface area contributed by atoms with Crippen LogP contribution in [0, 0.1) is 5.92 Å². The maximum Gasteiger partial charge on any atom is 0.142 e. The first kappa shape index (κ1) is 17.5. The van der Waals surface area contributed by atoms with Crippen LogP contribution >= 0.6 is 11.6 Å². The van der Waals surface area contributed by atoms with Crippen molar-refractivity contribution in [3.8, 4) is 0 Å². The van der Waals surface area contributed by atoms with Crippen LogP contribution in [-0.2, 0) is 9.53 Å². The molecular weight excluding hydrogens is 298 g/mol. The molecule has 1 heterocycles. The normalized spacial score (nSPS) is 17.6. The molecule has 1 aliphatic rings. The maximum atomic E-state index is 12.5. The summed E-state index contributed by atoms with van der Waals surface area (Å²) in [6, 6.07) is 8.20. The molecule has 0 saturated carbocycles. The van der Waals surface area contributed by atoms with E-state index in [4.69, 9.17) is 16.3 Å². The van der Waals surface area contributed by atoms with Crippen molar-refractivity contribution in [3.05, 3.63) is 34.9 Å². The molecule has 0 aromatic heterocycles. The zero-order chi connectivity index (χ0) is 15.9. The smallest absolute Gasteiger partial charge is 0.142 e. The Kier molecular flexibility index (Phi) is 6.87. The van der Waals surface area contributed by atoms with E-state index in [1.165, 1.54) is 0 Å². The van der Waals surface area contributed by atoms with Gasteiger partial charge in [-0.15, -0.1) is 0 Å². The second-order valence-electron chi connectivity index (χ2n) is 6.29. The second kappa shape index (κ2) is 8.66. The van der Waals surface area contributed by atoms with E-state index in [1.807, 2.05) is 38.1 Å². The topological polar surface area (TPSA) is 38.3 Å². The van der Waals surface area contributed by atoms with Crippen LogP contribution in [0.25, 0.3) is 0 Å². The van der Waals surface area contributed by atoms with Gasteiger partial charge in [0.2, 0.25) is 0 Å². The Hall–Kier alpha value is -0.900.